The number of nitrogens with zero attached hydrogens (tertiary/aromatic N) is 1. The van der Waals surface area contributed by atoms with Crippen molar-refractivity contribution in [1.82, 2.24) is 4.90 Å². The number of carbonyl (C=O) groups excluding carboxylic acids is 1. The average molecular weight is 141 g/mol. The zero-order valence-corrected chi connectivity index (χ0v) is 6.05. The average Bonchev–Trinajstić information content (AvgIpc) is 2.34. The van der Waals surface area contributed by atoms with Crippen LogP contribution in [0.15, 0.2) is 0 Å². The second kappa shape index (κ2) is 3.01. The Kier molecular flexibility index (Phi) is 2.27. The van der Waals surface area contributed by atoms with Gasteiger partial charge >= 0.3 is 0 Å². The molecule has 57 valence electrons. The molecule has 1 atom stereocenters. The van der Waals surface area contributed by atoms with Crippen molar-refractivity contribution in [2.45, 2.75) is 18.9 Å². The largest absolute Gasteiger partial charge is 0.339 e. The molecule has 1 amide bonds. The Morgan fingerprint density at radius 2 is 2.50 bits per heavy atom. The first kappa shape index (κ1) is 7.54. The van der Waals surface area contributed by atoms with E-state index in [9.17, 15) is 4.79 Å². The molecule has 0 unspecified atom stereocenters. The quantitative estimate of drug-likeness (QED) is 0.548. The second-order valence-electron chi connectivity index (χ2n) is 2.59. The van der Waals surface area contributed by atoms with Gasteiger partial charge in [-0.15, -0.1) is 0 Å². The fourth-order valence-corrected chi connectivity index (χ4v) is 1.28. The number of hydrogen-bond donors (Lipinski definition) is 1. The van der Waals surface area contributed by atoms with Crippen LogP contribution in [0.2, 0.25) is 0 Å². The number of hydrogen-bond acceptors (Lipinski definition) is 2. The molecule has 2 N–H and O–H groups in total. The first-order valence-electron chi connectivity index (χ1n) is 3.58. The summed E-state index contributed by atoms with van der Waals surface area (Å²) >= 11 is 0. The Bertz CT molecular complexity index is 136. The highest BCUT2D eigenvalue weighted by Gasteiger charge is 2.23. The Morgan fingerprint density at radius 3 is 2.90 bits per heavy atom. The molecule has 1 aliphatic heterocycles. The van der Waals surface area contributed by atoms with Gasteiger partial charge in [0, 0.05) is 12.6 Å². The Hall–Kier alpha value is -0.570. The van der Waals surface area contributed by atoms with Crippen molar-refractivity contribution in [1.29, 1.82) is 0 Å². The van der Waals surface area contributed by atoms with Gasteiger partial charge < -0.3 is 10.6 Å². The summed E-state index contributed by atoms with van der Waals surface area (Å²) in [5.41, 5.74) is 5.20. The van der Waals surface area contributed by atoms with Crippen molar-refractivity contribution < 1.29 is 4.79 Å². The molecule has 1 fully saturated rings. The second-order valence-corrected chi connectivity index (χ2v) is 2.59. The summed E-state index contributed by atoms with van der Waals surface area (Å²) in [6, 6.07) is 0.163. The van der Waals surface area contributed by atoms with Crippen molar-refractivity contribution in [3.05, 3.63) is 6.92 Å². The number of carbonyl (C=O) groups is 1. The van der Waals surface area contributed by atoms with Gasteiger partial charge in [0.05, 0.1) is 6.54 Å². The molecule has 1 saturated heterocycles. The zero-order valence-electron chi connectivity index (χ0n) is 6.05. The molecule has 1 heterocycles. The Balaban J connectivity index is 2.46. The highest BCUT2D eigenvalue weighted by molar-refractivity contribution is 5.78. The maximum absolute atomic E-state index is 11.0. The maximum Gasteiger partial charge on any atom is 0.236 e. The standard InChI is InChI=1S/C7H13N2O/c1-6-3-2-4-9(6)7(10)5-8/h6H,1-5,8H2/t6-/m0/s1. The van der Waals surface area contributed by atoms with Gasteiger partial charge in [0.25, 0.3) is 0 Å². The van der Waals surface area contributed by atoms with Crippen LogP contribution in [-0.2, 0) is 4.79 Å². The van der Waals surface area contributed by atoms with Gasteiger partial charge in [-0.2, -0.15) is 0 Å². The van der Waals surface area contributed by atoms with E-state index in [2.05, 4.69) is 6.92 Å². The van der Waals surface area contributed by atoms with Crippen LogP contribution < -0.4 is 5.73 Å². The molecule has 1 radical (unpaired) electrons. The molecular formula is C7H13N2O. The molecule has 1 rings (SSSR count). The van der Waals surface area contributed by atoms with E-state index in [4.69, 9.17) is 5.73 Å². The van der Waals surface area contributed by atoms with E-state index in [1.165, 1.54) is 0 Å². The number of nitrogens with two attached hydrogens (primary N) is 1. The molecule has 0 aromatic carbocycles. The lowest BCUT2D eigenvalue weighted by Crippen LogP contribution is -2.38. The summed E-state index contributed by atoms with van der Waals surface area (Å²) in [4.78, 5) is 12.7. The third kappa shape index (κ3) is 1.29. The van der Waals surface area contributed by atoms with Gasteiger partial charge in [-0.1, -0.05) is 0 Å². The molecule has 0 aliphatic carbocycles. The fourth-order valence-electron chi connectivity index (χ4n) is 1.28. The van der Waals surface area contributed by atoms with E-state index in [-0.39, 0.29) is 18.5 Å². The molecule has 0 aromatic heterocycles. The van der Waals surface area contributed by atoms with Gasteiger partial charge in [0.1, 0.15) is 0 Å². The number of amides is 1. The predicted octanol–water partition coefficient (Wildman–Crippen LogP) is -0.230. The van der Waals surface area contributed by atoms with Gasteiger partial charge in [-0.05, 0) is 19.8 Å². The Labute approximate surface area is 61.2 Å². The SMILES string of the molecule is [CH2][C@H]1CCCN1C(=O)CN. The molecular weight excluding hydrogens is 128 g/mol. The van der Waals surface area contributed by atoms with E-state index in [0.717, 1.165) is 19.4 Å². The lowest BCUT2D eigenvalue weighted by Gasteiger charge is -2.19. The van der Waals surface area contributed by atoms with Crippen molar-refractivity contribution in [2.75, 3.05) is 13.1 Å². The number of rotatable bonds is 1. The normalized spacial score (nSPS) is 25.4. The van der Waals surface area contributed by atoms with Crippen molar-refractivity contribution >= 4 is 5.91 Å². The predicted molar refractivity (Wildman–Crippen MR) is 39.1 cm³/mol. The van der Waals surface area contributed by atoms with Crippen LogP contribution >= 0.6 is 0 Å². The van der Waals surface area contributed by atoms with Crippen molar-refractivity contribution in [3.8, 4) is 0 Å². The van der Waals surface area contributed by atoms with E-state index < -0.39 is 0 Å². The van der Waals surface area contributed by atoms with Gasteiger partial charge in [0.15, 0.2) is 0 Å². The molecule has 1 aliphatic rings. The topological polar surface area (TPSA) is 46.3 Å². The van der Waals surface area contributed by atoms with Crippen LogP contribution in [-0.4, -0.2) is 29.9 Å². The fraction of sp³-hybridized carbons (Fsp3) is 0.714. The van der Waals surface area contributed by atoms with Crippen LogP contribution in [0, 0.1) is 6.92 Å². The lowest BCUT2D eigenvalue weighted by atomic mass is 10.2. The van der Waals surface area contributed by atoms with Crippen LogP contribution in [0.25, 0.3) is 0 Å². The monoisotopic (exact) mass is 141 g/mol. The van der Waals surface area contributed by atoms with Crippen molar-refractivity contribution in [2.24, 2.45) is 5.73 Å². The summed E-state index contributed by atoms with van der Waals surface area (Å²) in [7, 11) is 0. The summed E-state index contributed by atoms with van der Waals surface area (Å²) in [6.45, 7) is 4.79. The third-order valence-corrected chi connectivity index (χ3v) is 1.87. The molecule has 3 heteroatoms. The van der Waals surface area contributed by atoms with Crippen LogP contribution in [0.1, 0.15) is 12.8 Å². The van der Waals surface area contributed by atoms with Crippen LogP contribution in [0.3, 0.4) is 0 Å². The third-order valence-electron chi connectivity index (χ3n) is 1.87. The molecule has 0 saturated carbocycles. The molecule has 0 aromatic rings. The van der Waals surface area contributed by atoms with Crippen molar-refractivity contribution in [3.63, 3.8) is 0 Å². The zero-order chi connectivity index (χ0) is 7.56. The highest BCUT2D eigenvalue weighted by atomic mass is 16.2. The summed E-state index contributed by atoms with van der Waals surface area (Å²) in [6.07, 6.45) is 2.09. The van der Waals surface area contributed by atoms with Gasteiger partial charge in [-0.25, -0.2) is 0 Å². The van der Waals surface area contributed by atoms with Crippen LogP contribution in [0.4, 0.5) is 0 Å². The summed E-state index contributed by atoms with van der Waals surface area (Å²) < 4.78 is 0. The van der Waals surface area contributed by atoms with E-state index in [1.807, 2.05) is 0 Å². The minimum Gasteiger partial charge on any atom is -0.339 e. The van der Waals surface area contributed by atoms with Gasteiger partial charge in [0.2, 0.25) is 5.91 Å². The molecule has 10 heavy (non-hydrogen) atoms. The minimum atomic E-state index is 0.0255. The lowest BCUT2D eigenvalue weighted by molar-refractivity contribution is -0.129. The number of likely N-dealkylation sites (tertiary alicyclic amines) is 1. The smallest absolute Gasteiger partial charge is 0.236 e. The van der Waals surface area contributed by atoms with E-state index in [0.29, 0.717) is 0 Å². The van der Waals surface area contributed by atoms with Gasteiger partial charge in [-0.3, -0.25) is 4.79 Å². The molecule has 0 bridgehead atoms. The highest BCUT2D eigenvalue weighted by Crippen LogP contribution is 2.15. The van der Waals surface area contributed by atoms with E-state index >= 15 is 0 Å². The summed E-state index contributed by atoms with van der Waals surface area (Å²) in [5.74, 6) is 0.0255. The Morgan fingerprint density at radius 1 is 1.80 bits per heavy atom. The first-order chi connectivity index (χ1) is 4.75. The maximum atomic E-state index is 11.0. The minimum absolute atomic E-state index is 0.0255. The molecule has 3 nitrogen and oxygen atoms in total. The first-order valence-corrected chi connectivity index (χ1v) is 3.58. The van der Waals surface area contributed by atoms with E-state index in [1.54, 1.807) is 4.90 Å². The molecule has 0 spiro atoms. The summed E-state index contributed by atoms with van der Waals surface area (Å²) in [5, 5.41) is 0. The van der Waals surface area contributed by atoms with Crippen LogP contribution in [0.5, 0.6) is 0 Å².